The molecule has 0 fully saturated rings. The number of halogens is 2. The van der Waals surface area contributed by atoms with Gasteiger partial charge >= 0.3 is 0 Å². The Morgan fingerprint density at radius 2 is 1.89 bits per heavy atom. The lowest BCUT2D eigenvalue weighted by Crippen LogP contribution is -2.25. The van der Waals surface area contributed by atoms with Crippen LogP contribution in [0.5, 0.6) is 0 Å². The second kappa shape index (κ2) is 7.52. The maximum absolute atomic E-state index is 14.0. The van der Waals surface area contributed by atoms with E-state index in [2.05, 4.69) is 15.3 Å². The van der Waals surface area contributed by atoms with Crippen LogP contribution < -0.4 is 5.32 Å². The van der Waals surface area contributed by atoms with E-state index in [9.17, 15) is 13.6 Å². The molecule has 0 aliphatic heterocycles. The molecular weight excluding hydrogens is 380 g/mol. The summed E-state index contributed by atoms with van der Waals surface area (Å²) < 4.78 is 28.0. The number of H-pyrrole nitrogens is 1. The molecule has 0 atom stereocenters. The molecule has 0 aliphatic carbocycles. The molecule has 0 spiro atoms. The van der Waals surface area contributed by atoms with Gasteiger partial charge in [-0.05, 0) is 37.1 Å². The summed E-state index contributed by atoms with van der Waals surface area (Å²) >= 11 is 0.990. The van der Waals surface area contributed by atoms with E-state index in [1.54, 1.807) is 6.92 Å². The third-order valence-corrected chi connectivity index (χ3v) is 5.71. The van der Waals surface area contributed by atoms with Crippen molar-refractivity contribution in [2.75, 3.05) is 6.54 Å². The summed E-state index contributed by atoms with van der Waals surface area (Å²) in [5.74, 6) is -1.68. The highest BCUT2D eigenvalue weighted by atomic mass is 32.1. The highest BCUT2D eigenvalue weighted by Crippen LogP contribution is 2.31. The van der Waals surface area contributed by atoms with Gasteiger partial charge in [-0.25, -0.2) is 13.8 Å². The van der Waals surface area contributed by atoms with Gasteiger partial charge in [0.05, 0.1) is 11.3 Å². The number of fused-ring (bicyclic) bond motifs is 1. The van der Waals surface area contributed by atoms with E-state index in [1.807, 2.05) is 30.5 Å². The summed E-state index contributed by atoms with van der Waals surface area (Å²) in [5, 5.41) is 4.16. The number of nitrogens with one attached hydrogen (secondary N) is 2. The number of hydrogen-bond donors (Lipinski definition) is 2. The molecule has 7 heteroatoms. The van der Waals surface area contributed by atoms with Crippen molar-refractivity contribution in [1.82, 2.24) is 15.3 Å². The Kier molecular flexibility index (Phi) is 4.92. The largest absolute Gasteiger partial charge is 0.361 e. The summed E-state index contributed by atoms with van der Waals surface area (Å²) in [5.41, 5.74) is 2.42. The summed E-state index contributed by atoms with van der Waals surface area (Å²) in [6.07, 6.45) is 2.61. The molecule has 28 heavy (non-hydrogen) atoms. The third kappa shape index (κ3) is 3.41. The molecule has 2 heterocycles. The van der Waals surface area contributed by atoms with Gasteiger partial charge in [-0.15, -0.1) is 11.3 Å². The van der Waals surface area contributed by atoms with Crippen molar-refractivity contribution in [2.24, 2.45) is 0 Å². The van der Waals surface area contributed by atoms with Crippen LogP contribution >= 0.6 is 11.3 Å². The maximum atomic E-state index is 14.0. The fourth-order valence-electron chi connectivity index (χ4n) is 3.15. The van der Waals surface area contributed by atoms with E-state index in [0.717, 1.165) is 27.8 Å². The number of para-hydroxylation sites is 1. The van der Waals surface area contributed by atoms with Crippen LogP contribution in [0.3, 0.4) is 0 Å². The number of aromatic amines is 1. The number of rotatable bonds is 5. The fourth-order valence-corrected chi connectivity index (χ4v) is 4.18. The molecule has 0 bridgehead atoms. The molecule has 4 nitrogen and oxygen atoms in total. The Morgan fingerprint density at radius 3 is 2.68 bits per heavy atom. The SMILES string of the molecule is Cc1nc(-c2c(F)cccc2F)sc1C(=O)NCCc1c[nH]c2ccccc12. The second-order valence-electron chi connectivity index (χ2n) is 6.40. The van der Waals surface area contributed by atoms with E-state index in [0.29, 0.717) is 23.5 Å². The predicted octanol–water partition coefficient (Wildman–Crippen LogP) is 4.85. The molecule has 0 saturated carbocycles. The monoisotopic (exact) mass is 397 g/mol. The molecule has 0 radical (unpaired) electrons. The van der Waals surface area contributed by atoms with Gasteiger partial charge < -0.3 is 10.3 Å². The molecule has 0 aliphatic rings. The van der Waals surface area contributed by atoms with Gasteiger partial charge in [0.15, 0.2) is 0 Å². The van der Waals surface area contributed by atoms with Crippen LogP contribution in [0, 0.1) is 18.6 Å². The highest BCUT2D eigenvalue weighted by molar-refractivity contribution is 7.17. The van der Waals surface area contributed by atoms with Gasteiger partial charge in [-0.2, -0.15) is 0 Å². The van der Waals surface area contributed by atoms with Gasteiger partial charge in [0, 0.05) is 23.6 Å². The number of aryl methyl sites for hydroxylation is 1. The minimum Gasteiger partial charge on any atom is -0.361 e. The molecule has 2 aromatic heterocycles. The van der Waals surface area contributed by atoms with E-state index in [4.69, 9.17) is 0 Å². The molecule has 2 N–H and O–H groups in total. The van der Waals surface area contributed by atoms with Crippen LogP contribution in [0.2, 0.25) is 0 Å². The Labute approximate surface area is 164 Å². The van der Waals surface area contributed by atoms with Crippen molar-refractivity contribution >= 4 is 28.1 Å². The average molecular weight is 397 g/mol. The number of nitrogens with zero attached hydrogens (tertiary/aromatic N) is 1. The van der Waals surface area contributed by atoms with Gasteiger partial charge in [0.1, 0.15) is 21.5 Å². The molecule has 142 valence electrons. The van der Waals surface area contributed by atoms with Crippen molar-refractivity contribution in [1.29, 1.82) is 0 Å². The van der Waals surface area contributed by atoms with Crippen molar-refractivity contribution in [2.45, 2.75) is 13.3 Å². The predicted molar refractivity (Wildman–Crippen MR) is 107 cm³/mol. The first-order valence-corrected chi connectivity index (χ1v) is 9.61. The Hall–Kier alpha value is -3.06. The van der Waals surface area contributed by atoms with Gasteiger partial charge in [0.2, 0.25) is 0 Å². The number of amides is 1. The molecule has 0 unspecified atom stereocenters. The van der Waals surface area contributed by atoms with Crippen LogP contribution in [-0.2, 0) is 6.42 Å². The normalized spacial score (nSPS) is 11.1. The number of hydrogen-bond acceptors (Lipinski definition) is 3. The smallest absolute Gasteiger partial charge is 0.263 e. The first-order valence-electron chi connectivity index (χ1n) is 8.79. The molecule has 1 amide bonds. The van der Waals surface area contributed by atoms with E-state index in [-0.39, 0.29) is 16.5 Å². The lowest BCUT2D eigenvalue weighted by Gasteiger charge is -2.03. The number of carbonyl (C=O) groups excluding carboxylic acids is 1. The van der Waals surface area contributed by atoms with Gasteiger partial charge in [-0.3, -0.25) is 4.79 Å². The van der Waals surface area contributed by atoms with E-state index in [1.165, 1.54) is 18.2 Å². The zero-order valence-electron chi connectivity index (χ0n) is 15.1. The highest BCUT2D eigenvalue weighted by Gasteiger charge is 2.20. The zero-order valence-corrected chi connectivity index (χ0v) is 15.9. The van der Waals surface area contributed by atoms with Gasteiger partial charge in [-0.1, -0.05) is 24.3 Å². The molecular formula is C21H17F2N3OS. The minimum atomic E-state index is -0.694. The van der Waals surface area contributed by atoms with Crippen molar-refractivity contribution < 1.29 is 13.6 Å². The minimum absolute atomic E-state index is 0.162. The maximum Gasteiger partial charge on any atom is 0.263 e. The van der Waals surface area contributed by atoms with Crippen LogP contribution in [0.25, 0.3) is 21.5 Å². The summed E-state index contributed by atoms with van der Waals surface area (Å²) in [7, 11) is 0. The van der Waals surface area contributed by atoms with Crippen LogP contribution in [0.4, 0.5) is 8.78 Å². The van der Waals surface area contributed by atoms with E-state index >= 15 is 0 Å². The standard InChI is InChI=1S/C21H17F2N3OS/c1-12-19(28-21(26-12)18-15(22)6-4-7-16(18)23)20(27)24-10-9-13-11-25-17-8-3-2-5-14(13)17/h2-8,11,25H,9-10H2,1H3,(H,24,27). The number of benzene rings is 2. The van der Waals surface area contributed by atoms with Crippen LogP contribution in [0.15, 0.2) is 48.7 Å². The zero-order chi connectivity index (χ0) is 19.7. The van der Waals surface area contributed by atoms with Crippen LogP contribution in [0.1, 0.15) is 20.9 Å². The Balaban J connectivity index is 1.47. The third-order valence-electron chi connectivity index (χ3n) is 4.53. The molecule has 4 rings (SSSR count). The lowest BCUT2D eigenvalue weighted by atomic mass is 10.1. The Morgan fingerprint density at radius 1 is 1.14 bits per heavy atom. The first-order chi connectivity index (χ1) is 13.5. The van der Waals surface area contributed by atoms with E-state index < -0.39 is 11.6 Å². The topological polar surface area (TPSA) is 57.8 Å². The average Bonchev–Trinajstić information content (AvgIpc) is 3.25. The summed E-state index contributed by atoms with van der Waals surface area (Å²) in [6.45, 7) is 2.11. The number of carbonyl (C=O) groups is 1. The molecule has 2 aromatic carbocycles. The first kappa shape index (κ1) is 18.3. The fraction of sp³-hybridized carbons (Fsp3) is 0.143. The number of aromatic nitrogens is 2. The molecule has 0 saturated heterocycles. The van der Waals surface area contributed by atoms with Crippen molar-refractivity contribution in [3.8, 4) is 10.6 Å². The van der Waals surface area contributed by atoms with Gasteiger partial charge in [0.25, 0.3) is 5.91 Å². The van der Waals surface area contributed by atoms with Crippen molar-refractivity contribution in [3.63, 3.8) is 0 Å². The molecule has 4 aromatic rings. The second-order valence-corrected chi connectivity index (χ2v) is 7.39. The van der Waals surface area contributed by atoms with Crippen LogP contribution in [-0.4, -0.2) is 22.4 Å². The summed E-state index contributed by atoms with van der Waals surface area (Å²) in [4.78, 5) is 20.3. The quantitative estimate of drug-likeness (QED) is 0.506. The Bertz CT molecular complexity index is 1150. The number of thiazole rings is 1. The van der Waals surface area contributed by atoms with Crippen molar-refractivity contribution in [3.05, 3.63) is 76.4 Å². The summed E-state index contributed by atoms with van der Waals surface area (Å²) in [6, 6.07) is 11.6. The lowest BCUT2D eigenvalue weighted by molar-refractivity contribution is 0.0957.